The van der Waals surface area contributed by atoms with Crippen molar-refractivity contribution in [2.75, 3.05) is 4.90 Å². The number of nitrogens with zero attached hydrogens (tertiary/aromatic N) is 2. The van der Waals surface area contributed by atoms with E-state index in [0.717, 1.165) is 48.4 Å². The van der Waals surface area contributed by atoms with Gasteiger partial charge in [-0.3, -0.25) is 0 Å². The van der Waals surface area contributed by atoms with E-state index in [4.69, 9.17) is 0 Å². The highest BCUT2D eigenvalue weighted by Gasteiger charge is 2.19. The molecular weight excluding hydrogens is 797 g/mol. The lowest BCUT2D eigenvalue weighted by molar-refractivity contribution is 0.984. The number of hydrogen-bond acceptors (Lipinski definition) is 1. The van der Waals surface area contributed by atoms with Gasteiger partial charge in [0.15, 0.2) is 0 Å². The second-order valence-electron chi connectivity index (χ2n) is 17.5. The van der Waals surface area contributed by atoms with Crippen LogP contribution < -0.4 is 4.90 Å². The fourth-order valence-electron chi connectivity index (χ4n) is 10.2. The first-order chi connectivity index (χ1) is 32.7. The van der Waals surface area contributed by atoms with Gasteiger partial charge >= 0.3 is 0 Å². The monoisotopic (exact) mass is 844 g/mol. The molecule has 2 nitrogen and oxygen atoms in total. The predicted octanol–water partition coefficient (Wildman–Crippen LogP) is 17.6. The van der Waals surface area contributed by atoms with Crippen LogP contribution in [0.4, 0.5) is 17.1 Å². The van der Waals surface area contributed by atoms with Crippen molar-refractivity contribution in [2.45, 2.75) is 25.7 Å². The van der Waals surface area contributed by atoms with E-state index in [1.807, 2.05) is 0 Å². The Balaban J connectivity index is 0.945. The van der Waals surface area contributed by atoms with Crippen LogP contribution in [0.15, 0.2) is 237 Å². The molecule has 0 radical (unpaired) electrons. The van der Waals surface area contributed by atoms with E-state index in [9.17, 15) is 0 Å². The smallest absolute Gasteiger partial charge is 0.0547 e. The molecule has 1 aromatic heterocycles. The Labute approximate surface area is 387 Å². The van der Waals surface area contributed by atoms with Crippen molar-refractivity contribution in [3.63, 3.8) is 0 Å². The Morgan fingerprint density at radius 1 is 0.379 bits per heavy atom. The molecule has 0 N–H and O–H groups in total. The Bertz CT molecular complexity index is 3510. The molecule has 1 heterocycles. The summed E-state index contributed by atoms with van der Waals surface area (Å²) in [5.74, 6) is 0. The van der Waals surface area contributed by atoms with Gasteiger partial charge in [-0.15, -0.1) is 0 Å². The van der Waals surface area contributed by atoms with Crippen LogP contribution in [0.5, 0.6) is 0 Å². The van der Waals surface area contributed by atoms with Crippen molar-refractivity contribution in [1.29, 1.82) is 0 Å². The van der Waals surface area contributed by atoms with E-state index in [-0.39, 0.29) is 0 Å². The summed E-state index contributed by atoms with van der Waals surface area (Å²) in [6.07, 6.45) is 15.8. The van der Waals surface area contributed by atoms with Crippen molar-refractivity contribution in [3.8, 4) is 50.2 Å². The maximum atomic E-state index is 2.43. The van der Waals surface area contributed by atoms with Crippen LogP contribution in [0.1, 0.15) is 36.0 Å². The van der Waals surface area contributed by atoms with Gasteiger partial charge < -0.3 is 9.47 Å². The molecule has 2 heteroatoms. The number of aromatic nitrogens is 1. The third kappa shape index (κ3) is 7.37. The standard InChI is InChI=1S/C64H48N2/c1-4-17-45(18-5-1)53-40-54(46-19-6-2-7-20-46)42-55(41-53)48-33-36-57(37-34-48)65(59-38-35-47-21-10-11-22-50(47)43-59)58-28-15-24-51(44-58)49-23-14-25-52(39-49)60-30-16-32-63-64(60)61-29-12-13-31-62(61)66(63)56-26-8-3-9-27-56/h1,3-6,8-10,12-21,23-44H,2,7,11,22H2. The maximum absolute atomic E-state index is 2.43. The first-order valence-electron chi connectivity index (χ1n) is 23.3. The number of aryl methyl sites for hydroxylation is 1. The van der Waals surface area contributed by atoms with Crippen molar-refractivity contribution in [3.05, 3.63) is 253 Å². The summed E-state index contributed by atoms with van der Waals surface area (Å²) in [4.78, 5) is 2.43. The summed E-state index contributed by atoms with van der Waals surface area (Å²) in [6, 6.07) is 78.3. The van der Waals surface area contributed by atoms with Gasteiger partial charge in [0.25, 0.3) is 0 Å². The minimum absolute atomic E-state index is 1.04. The van der Waals surface area contributed by atoms with E-state index in [1.54, 1.807) is 0 Å². The molecule has 0 saturated carbocycles. The molecule has 0 amide bonds. The number of anilines is 3. The summed E-state index contributed by atoms with van der Waals surface area (Å²) >= 11 is 0. The molecule has 12 rings (SSSR count). The fraction of sp³-hybridized carbons (Fsp3) is 0.0625. The molecular formula is C64H48N2. The average molecular weight is 845 g/mol. The zero-order valence-electron chi connectivity index (χ0n) is 36.8. The third-order valence-electron chi connectivity index (χ3n) is 13.4. The average Bonchev–Trinajstić information content (AvgIpc) is 3.74. The van der Waals surface area contributed by atoms with Crippen LogP contribution >= 0.6 is 0 Å². The van der Waals surface area contributed by atoms with Gasteiger partial charge in [-0.05, 0) is 177 Å². The molecule has 2 aliphatic rings. The van der Waals surface area contributed by atoms with E-state index >= 15 is 0 Å². The van der Waals surface area contributed by atoms with Gasteiger partial charge in [0.2, 0.25) is 0 Å². The van der Waals surface area contributed by atoms with E-state index in [0.29, 0.717) is 0 Å². The van der Waals surface area contributed by atoms with Crippen LogP contribution in [0, 0.1) is 0 Å². The number of hydrogen-bond donors (Lipinski definition) is 0. The van der Waals surface area contributed by atoms with Gasteiger partial charge in [0.05, 0.1) is 11.0 Å². The van der Waals surface area contributed by atoms with Gasteiger partial charge in [0.1, 0.15) is 0 Å². The molecule has 66 heavy (non-hydrogen) atoms. The molecule has 10 aromatic rings. The van der Waals surface area contributed by atoms with Gasteiger partial charge in [-0.2, -0.15) is 0 Å². The number of para-hydroxylation sites is 2. The van der Waals surface area contributed by atoms with Crippen LogP contribution in [0.3, 0.4) is 0 Å². The summed E-state index contributed by atoms with van der Waals surface area (Å²) < 4.78 is 2.39. The molecule has 0 atom stereocenters. The highest BCUT2D eigenvalue weighted by molar-refractivity contribution is 6.16. The van der Waals surface area contributed by atoms with Crippen LogP contribution in [-0.4, -0.2) is 4.57 Å². The molecule has 0 aliphatic heterocycles. The summed E-state index contributed by atoms with van der Waals surface area (Å²) in [7, 11) is 0. The van der Waals surface area contributed by atoms with Crippen molar-refractivity contribution in [2.24, 2.45) is 0 Å². The van der Waals surface area contributed by atoms with Crippen LogP contribution in [0.2, 0.25) is 0 Å². The lowest BCUT2D eigenvalue weighted by atomic mass is 9.91. The molecule has 314 valence electrons. The molecule has 0 bridgehead atoms. The first-order valence-corrected chi connectivity index (χ1v) is 23.3. The predicted molar refractivity (Wildman–Crippen MR) is 281 cm³/mol. The Kier molecular flexibility index (Phi) is 10.2. The lowest BCUT2D eigenvalue weighted by Crippen LogP contribution is -2.11. The van der Waals surface area contributed by atoms with Gasteiger partial charge in [-0.1, -0.05) is 158 Å². The number of rotatable bonds is 9. The number of benzene rings is 9. The fourth-order valence-corrected chi connectivity index (χ4v) is 10.2. The largest absolute Gasteiger partial charge is 0.310 e. The summed E-state index contributed by atoms with van der Waals surface area (Å²) in [5.41, 5.74) is 21.9. The molecule has 0 fully saturated rings. The van der Waals surface area contributed by atoms with Crippen molar-refractivity contribution >= 4 is 50.5 Å². The van der Waals surface area contributed by atoms with Gasteiger partial charge in [0, 0.05) is 33.5 Å². The SMILES string of the molecule is C1=CC(c2cc(-c3ccccc3)cc(-c3ccc(N(c4cccc(-c5cccc(-c6cccc7c6c6ccccc6n7-c6ccccc6)c5)c4)c4ccc5c(c4)CCC=C5)cc3)c2)=CCC1. The molecule has 0 unspecified atom stereocenters. The minimum Gasteiger partial charge on any atom is -0.310 e. The first kappa shape index (κ1) is 39.4. The van der Waals surface area contributed by atoms with Gasteiger partial charge in [-0.25, -0.2) is 0 Å². The highest BCUT2D eigenvalue weighted by atomic mass is 15.1. The van der Waals surface area contributed by atoms with E-state index in [1.165, 1.54) is 88.6 Å². The third-order valence-corrected chi connectivity index (χ3v) is 13.4. The highest BCUT2D eigenvalue weighted by Crippen LogP contribution is 2.42. The Morgan fingerprint density at radius 2 is 1.00 bits per heavy atom. The van der Waals surface area contributed by atoms with E-state index in [2.05, 4.69) is 252 Å². The second-order valence-corrected chi connectivity index (χ2v) is 17.5. The normalized spacial score (nSPS) is 13.2. The summed E-state index contributed by atoms with van der Waals surface area (Å²) in [6.45, 7) is 0. The van der Waals surface area contributed by atoms with Crippen molar-refractivity contribution < 1.29 is 0 Å². The quantitative estimate of drug-likeness (QED) is 0.141. The summed E-state index contributed by atoms with van der Waals surface area (Å²) in [5, 5.41) is 2.52. The molecule has 0 spiro atoms. The number of fused-ring (bicyclic) bond motifs is 4. The van der Waals surface area contributed by atoms with Crippen molar-refractivity contribution in [1.82, 2.24) is 4.57 Å². The molecule has 2 aliphatic carbocycles. The maximum Gasteiger partial charge on any atom is 0.0547 e. The van der Waals surface area contributed by atoms with Crippen LogP contribution in [0.25, 0.3) is 83.6 Å². The Hall–Kier alpha value is -8.20. The Morgan fingerprint density at radius 3 is 1.82 bits per heavy atom. The molecule has 0 saturated heterocycles. The lowest BCUT2D eigenvalue weighted by Gasteiger charge is -2.27. The zero-order valence-corrected chi connectivity index (χ0v) is 36.8. The topological polar surface area (TPSA) is 8.17 Å². The second kappa shape index (κ2) is 17.1. The van der Waals surface area contributed by atoms with E-state index < -0.39 is 0 Å². The van der Waals surface area contributed by atoms with Crippen LogP contribution in [-0.2, 0) is 6.42 Å². The minimum atomic E-state index is 1.04. The number of allylic oxidation sites excluding steroid dienone is 5. The molecule has 9 aromatic carbocycles. The zero-order chi connectivity index (χ0) is 43.8.